The van der Waals surface area contributed by atoms with Crippen LogP contribution in [0, 0.1) is 5.41 Å². The molecule has 48 heavy (non-hydrogen) atoms. The maximum Gasteiger partial charge on any atom is 0.416 e. The molecule has 0 saturated carbocycles. The number of urea groups is 1. The Morgan fingerprint density at radius 3 is 2.38 bits per heavy atom. The van der Waals surface area contributed by atoms with E-state index in [1.165, 1.54) is 11.3 Å². The lowest BCUT2D eigenvalue weighted by Crippen LogP contribution is -2.32. The van der Waals surface area contributed by atoms with Gasteiger partial charge in [0.25, 0.3) is 0 Å². The first-order valence-electron chi connectivity index (χ1n) is 14.9. The predicted octanol–water partition coefficient (Wildman–Crippen LogP) is 5.21. The number of nitrogens with zero attached hydrogens (tertiary/aromatic N) is 2. The molecule has 256 valence electrons. The number of aromatic nitrogens is 1. The monoisotopic (exact) mass is 702 g/mol. The first kappa shape index (κ1) is 36.3. The number of rotatable bonds is 15. The number of anilines is 4. The lowest BCUT2D eigenvalue weighted by atomic mass is 10.1. The number of guanidine groups is 1. The van der Waals surface area contributed by atoms with E-state index >= 15 is 0 Å². The summed E-state index contributed by atoms with van der Waals surface area (Å²) in [7, 11) is 0. The van der Waals surface area contributed by atoms with Crippen LogP contribution in [0.25, 0.3) is 20.8 Å². The summed E-state index contributed by atoms with van der Waals surface area (Å²) in [6.45, 7) is 1.74. The summed E-state index contributed by atoms with van der Waals surface area (Å²) < 4.78 is 43.3. The topological polar surface area (TPSA) is 214 Å². The molecule has 3 amide bonds. The lowest BCUT2D eigenvalue weighted by molar-refractivity contribution is -0.137. The third kappa shape index (κ3) is 9.50. The summed E-state index contributed by atoms with van der Waals surface area (Å²) in [4.78, 5) is 31.7. The highest BCUT2D eigenvalue weighted by Gasteiger charge is 2.34. The van der Waals surface area contributed by atoms with Crippen LogP contribution in [0.4, 0.5) is 40.7 Å². The Balaban J connectivity index is 1.73. The van der Waals surface area contributed by atoms with Crippen molar-refractivity contribution in [1.29, 1.82) is 5.41 Å². The number of carbonyl (C=O) groups is 2. The summed E-state index contributed by atoms with van der Waals surface area (Å²) in [5.41, 5.74) is 23.6. The minimum Gasteiger partial charge on any atom is -0.385 e. The van der Waals surface area contributed by atoms with E-state index in [2.05, 4.69) is 16.0 Å². The van der Waals surface area contributed by atoms with Crippen LogP contribution < -0.4 is 43.8 Å². The van der Waals surface area contributed by atoms with Crippen molar-refractivity contribution in [3.05, 3.63) is 60.2 Å². The number of hydrogen-bond donors (Lipinski definition) is 8. The third-order valence-corrected chi connectivity index (χ3v) is 9.09. The van der Waals surface area contributed by atoms with Gasteiger partial charge in [0.2, 0.25) is 5.91 Å². The highest BCUT2D eigenvalue weighted by molar-refractivity contribution is 7.99. The number of halogens is 3. The van der Waals surface area contributed by atoms with Crippen molar-refractivity contribution in [2.24, 2.45) is 22.9 Å². The molecule has 0 saturated heterocycles. The van der Waals surface area contributed by atoms with Crippen LogP contribution in [0.3, 0.4) is 0 Å². The van der Waals surface area contributed by atoms with Gasteiger partial charge in [0, 0.05) is 43.1 Å². The Bertz CT molecular complexity index is 1750. The van der Waals surface area contributed by atoms with Crippen molar-refractivity contribution in [1.82, 2.24) is 10.3 Å². The molecule has 0 aliphatic rings. The number of hydrogen-bond acceptors (Lipinski definition) is 9. The molecule has 12 N–H and O–H groups in total. The number of thioether (sulfide) groups is 1. The van der Waals surface area contributed by atoms with E-state index in [9.17, 15) is 22.8 Å². The fraction of sp³-hybridized carbons (Fsp3) is 0.290. The van der Waals surface area contributed by atoms with E-state index in [1.807, 2.05) is 24.3 Å². The van der Waals surface area contributed by atoms with Gasteiger partial charge in [-0.15, -0.1) is 23.1 Å². The van der Waals surface area contributed by atoms with Gasteiger partial charge in [0.15, 0.2) is 5.96 Å². The van der Waals surface area contributed by atoms with Crippen LogP contribution in [0.2, 0.25) is 0 Å². The normalized spacial score (nSPS) is 11.4. The molecule has 0 spiro atoms. The molecule has 17 heteroatoms. The highest BCUT2D eigenvalue weighted by Crippen LogP contribution is 2.45. The number of thiazole rings is 1. The fourth-order valence-electron chi connectivity index (χ4n) is 4.66. The molecular formula is C31H37F3N10O2S2. The minimum absolute atomic E-state index is 0.0652. The molecule has 0 fully saturated rings. The Morgan fingerprint density at radius 2 is 1.73 bits per heavy atom. The van der Waals surface area contributed by atoms with Crippen LogP contribution in [-0.4, -0.2) is 54.8 Å². The maximum atomic E-state index is 14.2. The van der Waals surface area contributed by atoms with Gasteiger partial charge in [0.05, 0.1) is 37.7 Å². The van der Waals surface area contributed by atoms with Gasteiger partial charge in [-0.05, 0) is 74.0 Å². The molecule has 12 nitrogen and oxygen atoms in total. The van der Waals surface area contributed by atoms with E-state index in [4.69, 9.17) is 33.3 Å². The number of carbonyl (C=O) groups excluding carboxylic acids is 2. The van der Waals surface area contributed by atoms with Gasteiger partial charge in [-0.25, -0.2) is 9.78 Å². The second kappa shape index (κ2) is 16.5. The molecule has 0 atom stereocenters. The Morgan fingerprint density at radius 1 is 0.979 bits per heavy atom. The van der Waals surface area contributed by atoms with Gasteiger partial charge in [-0.1, -0.05) is 0 Å². The summed E-state index contributed by atoms with van der Waals surface area (Å²) in [5, 5.41) is 16.4. The minimum atomic E-state index is -4.81. The molecule has 1 heterocycles. The maximum absolute atomic E-state index is 14.2. The van der Waals surface area contributed by atoms with Crippen LogP contribution >= 0.6 is 23.1 Å². The number of primary amides is 1. The molecule has 0 bridgehead atoms. The number of nitrogens with one attached hydrogen (secondary N) is 4. The zero-order valence-corrected chi connectivity index (χ0v) is 27.5. The molecule has 0 unspecified atom stereocenters. The standard InChI is InChI=1S/C31H37F3N10O2S2/c32-31(33,34)19-15-23(42-26(45)3-1-12-41-29(37)38)27(47-14-11-36)24(16-19)44(30(39)46)21-8-9-22-25(17-21)48-28(43-22)18-4-6-20(7-5-18)40-13-2-10-35/h4-9,15-17,40H,1-3,10-14,35-36H2,(H2,39,46)(H,42,45)(H4,37,38,41). The van der Waals surface area contributed by atoms with Crippen LogP contribution in [0.15, 0.2) is 59.5 Å². The molecule has 0 radical (unpaired) electrons. The number of fused-ring (bicyclic) bond motifs is 1. The summed E-state index contributed by atoms with van der Waals surface area (Å²) in [6, 6.07) is 13.2. The van der Waals surface area contributed by atoms with Crippen LogP contribution in [0.5, 0.6) is 0 Å². The Hall–Kier alpha value is -4.58. The summed E-state index contributed by atoms with van der Waals surface area (Å²) in [6.07, 6.45) is -3.77. The first-order valence-corrected chi connectivity index (χ1v) is 16.7. The van der Waals surface area contributed by atoms with E-state index < -0.39 is 23.7 Å². The lowest BCUT2D eigenvalue weighted by Gasteiger charge is -2.26. The molecule has 4 rings (SSSR count). The third-order valence-electron chi connectivity index (χ3n) is 6.86. The van der Waals surface area contributed by atoms with Gasteiger partial charge < -0.3 is 38.9 Å². The van der Waals surface area contributed by atoms with E-state index in [1.54, 1.807) is 18.2 Å². The van der Waals surface area contributed by atoms with E-state index in [0.717, 1.165) is 53.0 Å². The number of alkyl halides is 3. The number of nitrogens with two attached hydrogens (primary N) is 4. The zero-order valence-electron chi connectivity index (χ0n) is 25.8. The summed E-state index contributed by atoms with van der Waals surface area (Å²) >= 11 is 2.44. The average molecular weight is 703 g/mol. The van der Waals surface area contributed by atoms with Crippen molar-refractivity contribution >= 4 is 74.0 Å². The molecule has 3 aromatic carbocycles. The van der Waals surface area contributed by atoms with Gasteiger partial charge in [-0.3, -0.25) is 15.1 Å². The van der Waals surface area contributed by atoms with Gasteiger partial charge in [-0.2, -0.15) is 13.2 Å². The van der Waals surface area contributed by atoms with Crippen LogP contribution in [-0.2, 0) is 11.0 Å². The van der Waals surface area contributed by atoms with E-state index in [-0.39, 0.29) is 59.6 Å². The SMILES string of the molecule is N=C(N)NCCCC(=O)Nc1cc(C(F)(F)F)cc(N(C(N)=O)c2ccc3nc(-c4ccc(NCCCN)cc4)sc3c2)c1SCCN. The molecule has 0 aliphatic carbocycles. The molecular weight excluding hydrogens is 666 g/mol. The molecule has 4 aromatic rings. The first-order chi connectivity index (χ1) is 22.9. The van der Waals surface area contributed by atoms with Crippen molar-refractivity contribution < 1.29 is 22.8 Å². The van der Waals surface area contributed by atoms with Crippen molar-refractivity contribution in [3.8, 4) is 10.6 Å². The fourth-order valence-corrected chi connectivity index (χ4v) is 6.55. The van der Waals surface area contributed by atoms with Gasteiger partial charge >= 0.3 is 12.2 Å². The highest BCUT2D eigenvalue weighted by atomic mass is 32.2. The smallest absolute Gasteiger partial charge is 0.385 e. The van der Waals surface area contributed by atoms with Crippen LogP contribution in [0.1, 0.15) is 24.8 Å². The largest absolute Gasteiger partial charge is 0.416 e. The van der Waals surface area contributed by atoms with Crippen molar-refractivity contribution in [2.45, 2.75) is 30.3 Å². The Kier molecular flexibility index (Phi) is 12.5. The number of amides is 3. The van der Waals surface area contributed by atoms with Gasteiger partial charge in [0.1, 0.15) is 5.01 Å². The predicted molar refractivity (Wildman–Crippen MR) is 188 cm³/mol. The Labute approximate surface area is 283 Å². The number of benzene rings is 3. The summed E-state index contributed by atoms with van der Waals surface area (Å²) in [5.74, 6) is -0.558. The second-order valence-electron chi connectivity index (χ2n) is 10.5. The zero-order chi connectivity index (χ0) is 34.8. The van der Waals surface area contributed by atoms with E-state index in [0.29, 0.717) is 21.8 Å². The molecule has 0 aliphatic heterocycles. The quantitative estimate of drug-likeness (QED) is 0.0353. The second-order valence-corrected chi connectivity index (χ2v) is 12.6. The van der Waals surface area contributed by atoms with Crippen molar-refractivity contribution in [3.63, 3.8) is 0 Å². The molecule has 1 aromatic heterocycles. The average Bonchev–Trinajstić information content (AvgIpc) is 3.46. The van der Waals surface area contributed by atoms with Crippen molar-refractivity contribution in [2.75, 3.05) is 47.5 Å².